The van der Waals surface area contributed by atoms with Crippen molar-refractivity contribution in [2.24, 2.45) is 0 Å². The molecule has 0 bridgehead atoms. The van der Waals surface area contributed by atoms with Crippen molar-refractivity contribution in [3.63, 3.8) is 0 Å². The third-order valence-corrected chi connectivity index (χ3v) is 2.62. The Balaban J connectivity index is 3.20. The lowest BCUT2D eigenvalue weighted by atomic mass is 10.1. The van der Waals surface area contributed by atoms with Crippen molar-refractivity contribution in [3.05, 3.63) is 37.8 Å². The highest BCUT2D eigenvalue weighted by atomic mass is 79.9. The fourth-order valence-corrected chi connectivity index (χ4v) is 1.72. The van der Waals surface area contributed by atoms with Crippen LogP contribution in [-0.4, -0.2) is 17.5 Å². The van der Waals surface area contributed by atoms with E-state index >= 15 is 0 Å². The second kappa shape index (κ2) is 5.07. The van der Waals surface area contributed by atoms with Gasteiger partial charge in [-0.1, -0.05) is 0 Å². The minimum absolute atomic E-state index is 0.0643. The monoisotopic (exact) mass is 287 g/mol. The first-order chi connectivity index (χ1) is 7.47. The van der Waals surface area contributed by atoms with Crippen LogP contribution in [0, 0.1) is 17.0 Å². The van der Waals surface area contributed by atoms with Gasteiger partial charge >= 0.3 is 5.97 Å². The minimum atomic E-state index is -0.508. The van der Waals surface area contributed by atoms with Crippen LogP contribution in [0.1, 0.15) is 22.8 Å². The molecule has 0 N–H and O–H groups in total. The summed E-state index contributed by atoms with van der Waals surface area (Å²) in [7, 11) is 0. The van der Waals surface area contributed by atoms with Gasteiger partial charge in [-0.05, 0) is 41.4 Å². The smallest absolute Gasteiger partial charge is 0.338 e. The van der Waals surface area contributed by atoms with Gasteiger partial charge in [-0.2, -0.15) is 0 Å². The van der Waals surface area contributed by atoms with Crippen LogP contribution >= 0.6 is 15.9 Å². The Morgan fingerprint density at radius 1 is 1.56 bits per heavy atom. The van der Waals surface area contributed by atoms with Crippen molar-refractivity contribution in [3.8, 4) is 0 Å². The normalized spacial score (nSPS) is 9.94. The van der Waals surface area contributed by atoms with Crippen LogP contribution in [0.25, 0.3) is 0 Å². The molecule has 0 atom stereocenters. The van der Waals surface area contributed by atoms with Crippen molar-refractivity contribution < 1.29 is 14.5 Å². The Bertz CT molecular complexity index is 445. The van der Waals surface area contributed by atoms with Crippen molar-refractivity contribution in [2.45, 2.75) is 13.8 Å². The molecule has 0 saturated heterocycles. The summed E-state index contributed by atoms with van der Waals surface area (Å²) in [6.07, 6.45) is 0. The summed E-state index contributed by atoms with van der Waals surface area (Å²) in [5.74, 6) is -0.476. The first-order valence-corrected chi connectivity index (χ1v) is 5.38. The summed E-state index contributed by atoms with van der Waals surface area (Å²) in [4.78, 5) is 21.6. The number of esters is 1. The maximum absolute atomic E-state index is 11.5. The third-order valence-electron chi connectivity index (χ3n) is 1.99. The van der Waals surface area contributed by atoms with E-state index in [9.17, 15) is 14.9 Å². The number of aryl methyl sites for hydroxylation is 1. The summed E-state index contributed by atoms with van der Waals surface area (Å²) in [6.45, 7) is 3.60. The van der Waals surface area contributed by atoms with E-state index in [0.717, 1.165) is 0 Å². The molecule has 1 aromatic rings. The van der Waals surface area contributed by atoms with Crippen LogP contribution in [0.15, 0.2) is 16.6 Å². The molecular weight excluding hydrogens is 278 g/mol. The largest absolute Gasteiger partial charge is 0.462 e. The zero-order valence-electron chi connectivity index (χ0n) is 8.82. The molecule has 0 spiro atoms. The zero-order valence-corrected chi connectivity index (χ0v) is 10.4. The Labute approximate surface area is 101 Å². The van der Waals surface area contributed by atoms with Crippen LogP contribution in [0.4, 0.5) is 5.69 Å². The summed E-state index contributed by atoms with van der Waals surface area (Å²) >= 11 is 3.05. The molecule has 0 heterocycles. The van der Waals surface area contributed by atoms with Gasteiger partial charge in [0.1, 0.15) is 0 Å². The predicted molar refractivity (Wildman–Crippen MR) is 61.5 cm³/mol. The van der Waals surface area contributed by atoms with E-state index in [4.69, 9.17) is 4.74 Å². The van der Waals surface area contributed by atoms with Gasteiger partial charge in [0.25, 0.3) is 5.69 Å². The molecule has 0 aliphatic heterocycles. The maximum atomic E-state index is 11.5. The standard InChI is InChI=1S/C10H10BrNO4/c1-3-16-10(13)7-5-8(11)9(12(14)15)4-6(7)2/h4-5H,3H2,1-2H3. The van der Waals surface area contributed by atoms with Gasteiger partial charge < -0.3 is 4.74 Å². The van der Waals surface area contributed by atoms with Gasteiger partial charge in [0.15, 0.2) is 0 Å². The van der Waals surface area contributed by atoms with Gasteiger partial charge in [0.2, 0.25) is 0 Å². The van der Waals surface area contributed by atoms with Gasteiger partial charge in [0, 0.05) is 6.07 Å². The lowest BCUT2D eigenvalue weighted by Gasteiger charge is -2.06. The number of nitro benzene ring substituents is 1. The number of carbonyl (C=O) groups excluding carboxylic acids is 1. The van der Waals surface area contributed by atoms with E-state index in [0.29, 0.717) is 11.1 Å². The third kappa shape index (κ3) is 2.57. The number of hydrogen-bond acceptors (Lipinski definition) is 4. The first-order valence-electron chi connectivity index (χ1n) is 4.59. The van der Waals surface area contributed by atoms with E-state index in [1.54, 1.807) is 13.8 Å². The average Bonchev–Trinajstić information content (AvgIpc) is 2.20. The molecule has 0 aliphatic rings. The lowest BCUT2D eigenvalue weighted by Crippen LogP contribution is -2.07. The van der Waals surface area contributed by atoms with E-state index in [-0.39, 0.29) is 16.8 Å². The molecule has 0 fully saturated rings. The van der Waals surface area contributed by atoms with Crippen LogP contribution in [0.2, 0.25) is 0 Å². The number of nitrogens with zero attached hydrogens (tertiary/aromatic N) is 1. The number of halogens is 1. The van der Waals surface area contributed by atoms with Crippen molar-refractivity contribution in [1.82, 2.24) is 0 Å². The summed E-state index contributed by atoms with van der Waals surface area (Å²) in [6, 6.07) is 2.75. The van der Waals surface area contributed by atoms with E-state index in [1.807, 2.05) is 0 Å². The van der Waals surface area contributed by atoms with Crippen molar-refractivity contribution in [2.75, 3.05) is 6.61 Å². The Hall–Kier alpha value is -1.43. The molecule has 0 saturated carbocycles. The van der Waals surface area contributed by atoms with E-state index in [1.165, 1.54) is 12.1 Å². The minimum Gasteiger partial charge on any atom is -0.462 e. The molecule has 86 valence electrons. The van der Waals surface area contributed by atoms with Crippen LogP contribution in [-0.2, 0) is 4.74 Å². The SMILES string of the molecule is CCOC(=O)c1cc(Br)c([N+](=O)[O-])cc1C. The zero-order chi connectivity index (χ0) is 12.3. The number of rotatable bonds is 3. The molecule has 0 amide bonds. The fourth-order valence-electron chi connectivity index (χ4n) is 1.23. The Morgan fingerprint density at radius 3 is 2.69 bits per heavy atom. The molecule has 6 heteroatoms. The van der Waals surface area contributed by atoms with E-state index in [2.05, 4.69) is 15.9 Å². The second-order valence-corrected chi connectivity index (χ2v) is 3.95. The summed E-state index contributed by atoms with van der Waals surface area (Å²) < 4.78 is 5.10. The maximum Gasteiger partial charge on any atom is 0.338 e. The Kier molecular flexibility index (Phi) is 4.00. The molecule has 0 aromatic heterocycles. The topological polar surface area (TPSA) is 69.4 Å². The van der Waals surface area contributed by atoms with Gasteiger partial charge in [-0.3, -0.25) is 10.1 Å². The number of benzene rings is 1. The van der Waals surface area contributed by atoms with Crippen molar-refractivity contribution in [1.29, 1.82) is 0 Å². The van der Waals surface area contributed by atoms with Gasteiger partial charge in [0.05, 0.1) is 21.6 Å². The highest BCUT2D eigenvalue weighted by molar-refractivity contribution is 9.10. The van der Waals surface area contributed by atoms with Gasteiger partial charge in [-0.15, -0.1) is 0 Å². The summed E-state index contributed by atoms with van der Waals surface area (Å²) in [5, 5.41) is 10.6. The second-order valence-electron chi connectivity index (χ2n) is 3.10. The van der Waals surface area contributed by atoms with Crippen LogP contribution < -0.4 is 0 Å². The number of ether oxygens (including phenoxy) is 1. The number of nitro groups is 1. The fraction of sp³-hybridized carbons (Fsp3) is 0.300. The molecule has 0 aliphatic carbocycles. The molecule has 0 radical (unpaired) electrons. The number of hydrogen-bond donors (Lipinski definition) is 0. The molecule has 0 unspecified atom stereocenters. The quantitative estimate of drug-likeness (QED) is 0.487. The average molecular weight is 288 g/mol. The van der Waals surface area contributed by atoms with Gasteiger partial charge in [-0.25, -0.2) is 4.79 Å². The van der Waals surface area contributed by atoms with E-state index < -0.39 is 10.9 Å². The van der Waals surface area contributed by atoms with Crippen LogP contribution in [0.3, 0.4) is 0 Å². The highest BCUT2D eigenvalue weighted by Gasteiger charge is 2.18. The molecular formula is C10H10BrNO4. The highest BCUT2D eigenvalue weighted by Crippen LogP contribution is 2.28. The van der Waals surface area contributed by atoms with Crippen molar-refractivity contribution >= 4 is 27.6 Å². The lowest BCUT2D eigenvalue weighted by molar-refractivity contribution is -0.385. The number of carbonyl (C=O) groups is 1. The predicted octanol–water partition coefficient (Wildman–Crippen LogP) is 2.84. The van der Waals surface area contributed by atoms with Crippen LogP contribution in [0.5, 0.6) is 0 Å². The molecule has 5 nitrogen and oxygen atoms in total. The Morgan fingerprint density at radius 2 is 2.19 bits per heavy atom. The molecule has 1 rings (SSSR count). The summed E-state index contributed by atoms with van der Waals surface area (Å²) in [5.41, 5.74) is 0.790. The first kappa shape index (κ1) is 12.6. The molecule has 16 heavy (non-hydrogen) atoms. The molecule has 1 aromatic carbocycles.